The van der Waals surface area contributed by atoms with E-state index in [1.807, 2.05) is 0 Å². The molecule has 0 heterocycles. The minimum absolute atomic E-state index is 0.260. The largest absolute Gasteiger partial charge is 0.458 e. The molecule has 0 aliphatic carbocycles. The van der Waals surface area contributed by atoms with Crippen LogP contribution in [0.1, 0.15) is 27.2 Å². The molecule has 0 aliphatic rings. The Morgan fingerprint density at radius 1 is 1.64 bits per heavy atom. The van der Waals surface area contributed by atoms with Crippen molar-refractivity contribution < 1.29 is 9.53 Å². The van der Waals surface area contributed by atoms with Gasteiger partial charge in [0.1, 0.15) is 11.6 Å². The first-order valence-corrected chi connectivity index (χ1v) is 4.39. The minimum Gasteiger partial charge on any atom is -0.458 e. The summed E-state index contributed by atoms with van der Waals surface area (Å²) >= 11 is 0. The molecule has 81 valence electrons. The van der Waals surface area contributed by atoms with Gasteiger partial charge in [-0.05, 0) is 27.2 Å². The molecule has 5 nitrogen and oxygen atoms in total. The number of hydrogen-bond donors (Lipinski definition) is 3. The van der Waals surface area contributed by atoms with Gasteiger partial charge in [0.2, 0.25) is 0 Å². The summed E-state index contributed by atoms with van der Waals surface area (Å²) in [6.07, 6.45) is 0.286. The van der Waals surface area contributed by atoms with Gasteiger partial charge in [0.15, 0.2) is 5.96 Å². The van der Waals surface area contributed by atoms with Crippen molar-refractivity contribution in [3.8, 4) is 0 Å². The van der Waals surface area contributed by atoms with Crippen LogP contribution >= 0.6 is 0 Å². The first-order valence-electron chi connectivity index (χ1n) is 4.39. The van der Waals surface area contributed by atoms with Crippen LogP contribution in [0.15, 0.2) is 0 Å². The van der Waals surface area contributed by atoms with E-state index in [9.17, 15) is 4.79 Å². The van der Waals surface area contributed by atoms with Gasteiger partial charge in [0.05, 0.1) is 0 Å². The van der Waals surface area contributed by atoms with Crippen LogP contribution in [-0.4, -0.2) is 23.6 Å². The van der Waals surface area contributed by atoms with Crippen molar-refractivity contribution in [3.05, 3.63) is 6.92 Å². The third kappa shape index (κ3) is 5.40. The molecule has 0 bridgehead atoms. The standard InChI is InChI=1S/C9H18N3O2/c1-5-6(12-8(10)11)7(13)14-9(2,3)4/h6H,1,5H2,2-4H3,(H4,10,11,12). The lowest BCUT2D eigenvalue weighted by molar-refractivity contribution is -0.156. The summed E-state index contributed by atoms with van der Waals surface area (Å²) in [5, 5.41) is 9.46. The van der Waals surface area contributed by atoms with E-state index < -0.39 is 17.6 Å². The number of nitrogens with two attached hydrogens (primary N) is 1. The quantitative estimate of drug-likeness (QED) is 0.349. The van der Waals surface area contributed by atoms with E-state index in [-0.39, 0.29) is 12.4 Å². The SMILES string of the molecule is [CH2]CC(NC(=N)N)C(=O)OC(C)(C)C. The van der Waals surface area contributed by atoms with Gasteiger partial charge in [-0.1, -0.05) is 6.92 Å². The molecule has 5 heteroatoms. The maximum atomic E-state index is 11.4. The first kappa shape index (κ1) is 12.7. The topological polar surface area (TPSA) is 88.2 Å². The fourth-order valence-electron chi connectivity index (χ4n) is 0.810. The van der Waals surface area contributed by atoms with Crippen molar-refractivity contribution >= 4 is 11.9 Å². The zero-order valence-electron chi connectivity index (χ0n) is 8.89. The monoisotopic (exact) mass is 200 g/mol. The highest BCUT2D eigenvalue weighted by molar-refractivity contribution is 5.83. The number of nitrogens with one attached hydrogen (secondary N) is 2. The summed E-state index contributed by atoms with van der Waals surface area (Å²) in [5.41, 5.74) is 4.57. The van der Waals surface area contributed by atoms with Gasteiger partial charge in [0, 0.05) is 0 Å². The Hall–Kier alpha value is -1.26. The molecule has 0 aromatic carbocycles. The van der Waals surface area contributed by atoms with Crippen LogP contribution in [0.5, 0.6) is 0 Å². The van der Waals surface area contributed by atoms with Crippen LogP contribution in [0.25, 0.3) is 0 Å². The normalized spacial score (nSPS) is 13.1. The van der Waals surface area contributed by atoms with Crippen LogP contribution in [0.2, 0.25) is 0 Å². The van der Waals surface area contributed by atoms with Crippen molar-refractivity contribution in [1.29, 1.82) is 5.41 Å². The molecular weight excluding hydrogens is 182 g/mol. The summed E-state index contributed by atoms with van der Waals surface area (Å²) < 4.78 is 5.10. The van der Waals surface area contributed by atoms with Gasteiger partial charge in [-0.15, -0.1) is 0 Å². The lowest BCUT2D eigenvalue weighted by Gasteiger charge is -2.23. The molecule has 1 atom stereocenters. The minimum atomic E-state index is -0.647. The Labute approximate surface area is 84.5 Å². The van der Waals surface area contributed by atoms with E-state index in [4.69, 9.17) is 15.9 Å². The number of rotatable bonds is 3. The number of esters is 1. The summed E-state index contributed by atoms with van der Waals surface area (Å²) in [7, 11) is 0. The van der Waals surface area contributed by atoms with Gasteiger partial charge in [-0.2, -0.15) is 0 Å². The number of carbonyl (C=O) groups excluding carboxylic acids is 1. The number of carbonyl (C=O) groups is 1. The summed E-state index contributed by atoms with van der Waals surface area (Å²) in [6.45, 7) is 8.90. The van der Waals surface area contributed by atoms with Crippen LogP contribution < -0.4 is 11.1 Å². The van der Waals surface area contributed by atoms with E-state index >= 15 is 0 Å². The van der Waals surface area contributed by atoms with Gasteiger partial charge in [-0.25, -0.2) is 4.79 Å². The van der Waals surface area contributed by atoms with Gasteiger partial charge >= 0.3 is 5.97 Å². The second-order valence-corrected chi connectivity index (χ2v) is 3.93. The molecule has 1 unspecified atom stereocenters. The smallest absolute Gasteiger partial charge is 0.329 e. The molecule has 0 saturated heterocycles. The molecule has 0 saturated carbocycles. The maximum absolute atomic E-state index is 11.4. The van der Waals surface area contributed by atoms with Gasteiger partial charge < -0.3 is 15.8 Å². The zero-order valence-corrected chi connectivity index (χ0v) is 8.89. The van der Waals surface area contributed by atoms with Crippen LogP contribution in [0, 0.1) is 12.3 Å². The van der Waals surface area contributed by atoms with E-state index in [1.165, 1.54) is 0 Å². The average molecular weight is 200 g/mol. The summed E-state index contributed by atoms with van der Waals surface area (Å²) in [5.74, 6) is -0.702. The Kier molecular flexibility index (Phi) is 4.40. The highest BCUT2D eigenvalue weighted by atomic mass is 16.6. The van der Waals surface area contributed by atoms with Crippen molar-refractivity contribution in [1.82, 2.24) is 5.32 Å². The molecular formula is C9H18N3O2. The molecule has 0 spiro atoms. The van der Waals surface area contributed by atoms with Gasteiger partial charge in [0.25, 0.3) is 0 Å². The maximum Gasteiger partial charge on any atom is 0.329 e. The van der Waals surface area contributed by atoms with E-state index in [1.54, 1.807) is 20.8 Å². The molecule has 4 N–H and O–H groups in total. The van der Waals surface area contributed by atoms with Crippen molar-refractivity contribution in [2.75, 3.05) is 0 Å². The number of ether oxygens (including phenoxy) is 1. The third-order valence-corrected chi connectivity index (χ3v) is 1.31. The Balaban J connectivity index is 4.25. The van der Waals surface area contributed by atoms with Crippen molar-refractivity contribution in [2.45, 2.75) is 38.8 Å². The van der Waals surface area contributed by atoms with E-state index in [0.717, 1.165) is 0 Å². The van der Waals surface area contributed by atoms with Crippen molar-refractivity contribution in [3.63, 3.8) is 0 Å². The third-order valence-electron chi connectivity index (χ3n) is 1.31. The highest BCUT2D eigenvalue weighted by Gasteiger charge is 2.23. The van der Waals surface area contributed by atoms with E-state index in [2.05, 4.69) is 12.2 Å². The lowest BCUT2D eigenvalue weighted by atomic mass is 10.1. The first-order chi connectivity index (χ1) is 6.26. The number of hydrogen-bond acceptors (Lipinski definition) is 3. The van der Waals surface area contributed by atoms with Crippen LogP contribution in [0.4, 0.5) is 0 Å². The summed E-state index contributed by atoms with van der Waals surface area (Å²) in [6, 6.07) is -0.647. The van der Waals surface area contributed by atoms with Crippen LogP contribution in [-0.2, 0) is 9.53 Å². The fourth-order valence-corrected chi connectivity index (χ4v) is 0.810. The number of guanidine groups is 1. The Morgan fingerprint density at radius 3 is 2.43 bits per heavy atom. The molecule has 0 aromatic heterocycles. The summed E-state index contributed by atoms with van der Waals surface area (Å²) in [4.78, 5) is 11.4. The van der Waals surface area contributed by atoms with Crippen LogP contribution in [0.3, 0.4) is 0 Å². The lowest BCUT2D eigenvalue weighted by Crippen LogP contribution is -2.46. The Bertz CT molecular complexity index is 221. The Morgan fingerprint density at radius 2 is 2.14 bits per heavy atom. The van der Waals surface area contributed by atoms with E-state index in [0.29, 0.717) is 0 Å². The molecule has 0 rings (SSSR count). The fraction of sp³-hybridized carbons (Fsp3) is 0.667. The predicted octanol–water partition coefficient (Wildman–Crippen LogP) is 0.404. The van der Waals surface area contributed by atoms with Gasteiger partial charge in [-0.3, -0.25) is 5.41 Å². The zero-order chi connectivity index (χ0) is 11.4. The molecule has 1 radical (unpaired) electrons. The second-order valence-electron chi connectivity index (χ2n) is 3.93. The predicted molar refractivity (Wildman–Crippen MR) is 54.7 cm³/mol. The molecule has 0 fully saturated rings. The molecule has 14 heavy (non-hydrogen) atoms. The second kappa shape index (κ2) is 4.83. The molecule has 0 aromatic rings. The van der Waals surface area contributed by atoms with Crippen molar-refractivity contribution in [2.24, 2.45) is 5.73 Å². The highest BCUT2D eigenvalue weighted by Crippen LogP contribution is 2.09. The molecule has 0 amide bonds. The average Bonchev–Trinajstić information content (AvgIpc) is 1.96. The molecule has 0 aliphatic heterocycles.